The summed E-state index contributed by atoms with van der Waals surface area (Å²) in [5, 5.41) is 4.19. The summed E-state index contributed by atoms with van der Waals surface area (Å²) >= 11 is 0. The monoisotopic (exact) mass is 320 g/mol. The van der Waals surface area contributed by atoms with Gasteiger partial charge in [-0.25, -0.2) is 0 Å². The Labute approximate surface area is 135 Å². The fourth-order valence-corrected chi connectivity index (χ4v) is 5.34. The highest BCUT2D eigenvalue weighted by Gasteiger charge is 2.09. The van der Waals surface area contributed by atoms with Crippen molar-refractivity contribution in [1.29, 1.82) is 0 Å². The molecule has 0 aliphatic carbocycles. The molecule has 0 saturated carbocycles. The molecular weight excluding hydrogens is 302 g/mol. The van der Waals surface area contributed by atoms with Gasteiger partial charge < -0.3 is 0 Å². The van der Waals surface area contributed by atoms with Gasteiger partial charge in [-0.3, -0.25) is 0 Å². The molecule has 108 valence electrons. The largest absolute Gasteiger partial charge is 0.0669 e. The summed E-state index contributed by atoms with van der Waals surface area (Å²) in [6.07, 6.45) is 0. The molecule has 3 aromatic carbocycles. The maximum absolute atomic E-state index is 2.39. The van der Waals surface area contributed by atoms with Crippen LogP contribution in [-0.4, -0.2) is 0 Å². The average molecular weight is 320 g/mol. The minimum absolute atomic E-state index is 0.421. The maximum atomic E-state index is 2.39. The first-order chi connectivity index (χ1) is 10.9. The third-order valence-electron chi connectivity index (χ3n) is 3.32. The molecule has 2 heteroatoms. The van der Waals surface area contributed by atoms with Crippen molar-refractivity contribution in [1.82, 2.24) is 0 Å². The highest BCUT2D eigenvalue weighted by molar-refractivity contribution is 7.76. The summed E-state index contributed by atoms with van der Waals surface area (Å²) in [5.41, 5.74) is 0. The predicted molar refractivity (Wildman–Crippen MR) is 103 cm³/mol. The van der Waals surface area contributed by atoms with Crippen LogP contribution in [0.3, 0.4) is 0 Å². The molecule has 0 aromatic heterocycles. The summed E-state index contributed by atoms with van der Waals surface area (Å²) in [6, 6.07) is 32.2. The van der Waals surface area contributed by atoms with E-state index < -0.39 is 7.92 Å². The second-order valence-corrected chi connectivity index (χ2v) is 8.14. The van der Waals surface area contributed by atoms with Crippen molar-refractivity contribution in [2.24, 2.45) is 0 Å². The zero-order valence-corrected chi connectivity index (χ0v) is 14.2. The molecule has 1 unspecified atom stereocenters. The van der Waals surface area contributed by atoms with E-state index in [-0.39, 0.29) is 0 Å². The van der Waals surface area contributed by atoms with E-state index in [0.29, 0.717) is 0 Å². The fourth-order valence-electron chi connectivity index (χ4n) is 2.24. The maximum Gasteiger partial charge on any atom is -0.0157 e. The Morgan fingerprint density at radius 3 is 1.55 bits per heavy atom. The molecule has 0 saturated heterocycles. The van der Waals surface area contributed by atoms with E-state index in [4.69, 9.17) is 0 Å². The van der Waals surface area contributed by atoms with Crippen molar-refractivity contribution in [2.45, 2.75) is 0 Å². The molecule has 0 fully saturated rings. The Morgan fingerprint density at radius 2 is 1.05 bits per heavy atom. The summed E-state index contributed by atoms with van der Waals surface area (Å²) < 4.78 is 0. The van der Waals surface area contributed by atoms with Gasteiger partial charge in [-0.2, -0.15) is 0 Å². The molecule has 0 radical (unpaired) electrons. The molecule has 0 N–H and O–H groups in total. The van der Waals surface area contributed by atoms with Crippen molar-refractivity contribution in [3.05, 3.63) is 103 Å². The van der Waals surface area contributed by atoms with E-state index in [1.165, 1.54) is 15.9 Å². The zero-order valence-electron chi connectivity index (χ0n) is 12.3. The molecule has 0 nitrogen and oxygen atoms in total. The van der Waals surface area contributed by atoms with Gasteiger partial charge in [0.2, 0.25) is 0 Å². The van der Waals surface area contributed by atoms with Gasteiger partial charge in [0.1, 0.15) is 0 Å². The van der Waals surface area contributed by atoms with Crippen LogP contribution in [-0.2, 0) is 0 Å². The molecule has 0 aliphatic heterocycles. The van der Waals surface area contributed by atoms with E-state index in [0.717, 1.165) is 8.58 Å². The van der Waals surface area contributed by atoms with Crippen LogP contribution in [0.5, 0.6) is 0 Å². The molecule has 0 bridgehead atoms. The van der Waals surface area contributed by atoms with Gasteiger partial charge >= 0.3 is 0 Å². The van der Waals surface area contributed by atoms with E-state index in [9.17, 15) is 0 Å². The highest BCUT2D eigenvalue weighted by atomic mass is 31.1. The minimum atomic E-state index is -0.421. The lowest BCUT2D eigenvalue weighted by Crippen LogP contribution is -2.09. The van der Waals surface area contributed by atoms with Crippen molar-refractivity contribution in [2.75, 3.05) is 0 Å². The van der Waals surface area contributed by atoms with Gasteiger partial charge in [0.05, 0.1) is 0 Å². The Bertz CT molecular complexity index is 667. The lowest BCUT2D eigenvalue weighted by molar-refractivity contribution is 1.75. The zero-order chi connectivity index (χ0) is 15.0. The second kappa shape index (κ2) is 8.04. The van der Waals surface area contributed by atoms with Crippen molar-refractivity contribution >= 4 is 32.4 Å². The van der Waals surface area contributed by atoms with Gasteiger partial charge in [-0.05, 0) is 23.8 Å². The van der Waals surface area contributed by atoms with Crippen LogP contribution in [0.1, 0.15) is 0 Å². The van der Waals surface area contributed by atoms with E-state index in [1.807, 2.05) is 0 Å². The average Bonchev–Trinajstić information content (AvgIpc) is 2.61. The van der Waals surface area contributed by atoms with Crippen LogP contribution in [0.4, 0.5) is 0 Å². The molecular formula is C20H18P2. The predicted octanol–water partition coefficient (Wildman–Crippen LogP) is 4.59. The summed E-state index contributed by atoms with van der Waals surface area (Å²) in [4.78, 5) is 0. The second-order valence-electron chi connectivity index (χ2n) is 4.87. The normalized spacial score (nSPS) is 11.7. The van der Waals surface area contributed by atoms with Crippen LogP contribution >= 0.6 is 16.5 Å². The lowest BCUT2D eigenvalue weighted by atomic mass is 10.4. The third kappa shape index (κ3) is 4.14. The lowest BCUT2D eigenvalue weighted by Gasteiger charge is -2.14. The standard InChI is InChI=1S/C20H18P2/c1-4-10-18(11-5-1)21-16-17-22(19-12-6-2-7-13-19)20-14-8-3-9-15-20/h1-17,21H/b17-16+. The SMILES string of the molecule is C(=C\P(c1ccccc1)c1ccccc1)/Pc1ccccc1. The molecule has 0 heterocycles. The quantitative estimate of drug-likeness (QED) is 0.603. The van der Waals surface area contributed by atoms with Gasteiger partial charge in [-0.1, -0.05) is 111 Å². The van der Waals surface area contributed by atoms with Gasteiger partial charge in [0, 0.05) is 0 Å². The number of benzene rings is 3. The molecule has 3 rings (SSSR count). The van der Waals surface area contributed by atoms with E-state index in [1.54, 1.807) is 0 Å². The number of hydrogen-bond donors (Lipinski definition) is 0. The molecule has 0 spiro atoms. The van der Waals surface area contributed by atoms with Gasteiger partial charge in [0.25, 0.3) is 0 Å². The van der Waals surface area contributed by atoms with Crippen molar-refractivity contribution in [3.63, 3.8) is 0 Å². The summed E-state index contributed by atoms with van der Waals surface area (Å²) in [7, 11) is 0.302. The van der Waals surface area contributed by atoms with E-state index in [2.05, 4.69) is 103 Å². The van der Waals surface area contributed by atoms with Gasteiger partial charge in [-0.15, -0.1) is 0 Å². The molecule has 3 aromatic rings. The first-order valence-electron chi connectivity index (χ1n) is 7.31. The van der Waals surface area contributed by atoms with Crippen LogP contribution in [0.25, 0.3) is 0 Å². The summed E-state index contributed by atoms with van der Waals surface area (Å²) in [6.45, 7) is 0. The first-order valence-corrected chi connectivity index (χ1v) is 9.80. The minimum Gasteiger partial charge on any atom is -0.0669 e. The summed E-state index contributed by atoms with van der Waals surface area (Å²) in [5.74, 6) is 4.73. The first kappa shape index (κ1) is 15.2. The van der Waals surface area contributed by atoms with Crippen LogP contribution < -0.4 is 15.9 Å². The Balaban J connectivity index is 1.83. The fraction of sp³-hybridized carbons (Fsp3) is 0. The third-order valence-corrected chi connectivity index (χ3v) is 6.75. The van der Waals surface area contributed by atoms with Crippen molar-refractivity contribution in [3.8, 4) is 0 Å². The topological polar surface area (TPSA) is 0 Å². The molecule has 22 heavy (non-hydrogen) atoms. The Hall–Kier alpha value is -1.74. The van der Waals surface area contributed by atoms with Crippen molar-refractivity contribution < 1.29 is 0 Å². The van der Waals surface area contributed by atoms with E-state index >= 15 is 0 Å². The molecule has 1 atom stereocenters. The Morgan fingerprint density at radius 1 is 0.591 bits per heavy atom. The highest BCUT2D eigenvalue weighted by Crippen LogP contribution is 2.36. The van der Waals surface area contributed by atoms with Crippen LogP contribution in [0.2, 0.25) is 0 Å². The Kier molecular flexibility index (Phi) is 5.54. The molecule has 0 amide bonds. The van der Waals surface area contributed by atoms with Crippen LogP contribution in [0, 0.1) is 0 Å². The number of hydrogen-bond acceptors (Lipinski definition) is 0. The van der Waals surface area contributed by atoms with Crippen LogP contribution in [0.15, 0.2) is 103 Å². The smallest absolute Gasteiger partial charge is 0.0157 e. The number of rotatable bonds is 5. The van der Waals surface area contributed by atoms with Gasteiger partial charge in [0.15, 0.2) is 0 Å². The molecule has 0 aliphatic rings.